The van der Waals surface area contributed by atoms with Gasteiger partial charge in [0.2, 0.25) is 5.91 Å². The van der Waals surface area contributed by atoms with Crippen LogP contribution in [0.5, 0.6) is 0 Å². The summed E-state index contributed by atoms with van der Waals surface area (Å²) in [5, 5.41) is 13.7. The van der Waals surface area contributed by atoms with Gasteiger partial charge in [-0.25, -0.2) is 9.59 Å². The van der Waals surface area contributed by atoms with E-state index in [0.29, 0.717) is 5.69 Å². The number of aromatic nitrogens is 1. The Morgan fingerprint density at radius 2 is 2.15 bits per heavy atom. The number of nitrogens with zero attached hydrogens (tertiary/aromatic N) is 1. The van der Waals surface area contributed by atoms with Crippen molar-refractivity contribution in [3.63, 3.8) is 0 Å². The van der Waals surface area contributed by atoms with Crippen LogP contribution >= 0.6 is 0 Å². The number of hydrogen-bond donors (Lipinski definition) is 4. The van der Waals surface area contributed by atoms with Gasteiger partial charge in [-0.15, -0.1) is 0 Å². The van der Waals surface area contributed by atoms with Crippen LogP contribution in [0.15, 0.2) is 18.5 Å². The van der Waals surface area contributed by atoms with Crippen molar-refractivity contribution in [2.75, 3.05) is 5.32 Å². The maximum atomic E-state index is 11.7. The summed E-state index contributed by atoms with van der Waals surface area (Å²) in [4.78, 5) is 37.1. The number of primary amides is 1. The lowest BCUT2D eigenvalue weighted by atomic mass is 10.1. The number of aliphatic carboxylic acids is 1. The van der Waals surface area contributed by atoms with Crippen LogP contribution in [0.1, 0.15) is 18.4 Å². The van der Waals surface area contributed by atoms with Gasteiger partial charge in [0.05, 0.1) is 11.9 Å². The van der Waals surface area contributed by atoms with Crippen molar-refractivity contribution in [2.24, 2.45) is 5.73 Å². The number of carbonyl (C=O) groups is 3. The maximum absolute atomic E-state index is 11.7. The van der Waals surface area contributed by atoms with E-state index < -0.39 is 23.9 Å². The number of urea groups is 1. The Labute approximate surface area is 115 Å². The Morgan fingerprint density at radius 3 is 2.70 bits per heavy atom. The van der Waals surface area contributed by atoms with E-state index in [1.807, 2.05) is 0 Å². The highest BCUT2D eigenvalue weighted by Crippen LogP contribution is 2.11. The molecule has 3 amide bonds. The number of anilines is 1. The Balaban J connectivity index is 2.60. The van der Waals surface area contributed by atoms with Gasteiger partial charge >= 0.3 is 12.0 Å². The molecule has 1 aromatic rings. The molecule has 0 spiro atoms. The van der Waals surface area contributed by atoms with Crippen LogP contribution in [0.3, 0.4) is 0 Å². The SMILES string of the molecule is Cc1ccncc1NC(=O)NC(CCC(N)=O)C(=O)O. The first-order chi connectivity index (χ1) is 9.40. The van der Waals surface area contributed by atoms with Crippen molar-refractivity contribution in [3.8, 4) is 0 Å². The van der Waals surface area contributed by atoms with Crippen molar-refractivity contribution < 1.29 is 19.5 Å². The molecular weight excluding hydrogens is 264 g/mol. The van der Waals surface area contributed by atoms with E-state index in [9.17, 15) is 14.4 Å². The number of nitrogens with one attached hydrogen (secondary N) is 2. The highest BCUT2D eigenvalue weighted by molar-refractivity contribution is 5.92. The predicted molar refractivity (Wildman–Crippen MR) is 71.0 cm³/mol. The molecule has 20 heavy (non-hydrogen) atoms. The molecule has 0 aliphatic heterocycles. The van der Waals surface area contributed by atoms with Crippen LogP contribution < -0.4 is 16.4 Å². The maximum Gasteiger partial charge on any atom is 0.326 e. The molecule has 0 bridgehead atoms. The van der Waals surface area contributed by atoms with Crippen molar-refractivity contribution in [2.45, 2.75) is 25.8 Å². The van der Waals surface area contributed by atoms with Gasteiger partial charge in [-0.3, -0.25) is 9.78 Å². The third-order valence-electron chi connectivity index (χ3n) is 2.57. The number of nitrogens with two attached hydrogens (primary N) is 1. The molecule has 8 nitrogen and oxygen atoms in total. The second-order valence-electron chi connectivity index (χ2n) is 4.18. The standard InChI is InChI=1S/C12H16N4O4/c1-7-4-5-14-6-9(7)16-12(20)15-8(11(18)19)2-3-10(13)17/h4-6,8H,2-3H2,1H3,(H2,13,17)(H,18,19)(H2,15,16,20). The first kappa shape index (κ1) is 15.4. The number of amides is 3. The van der Waals surface area contributed by atoms with E-state index in [2.05, 4.69) is 15.6 Å². The number of hydrogen-bond acceptors (Lipinski definition) is 4. The Morgan fingerprint density at radius 1 is 1.45 bits per heavy atom. The summed E-state index contributed by atoms with van der Waals surface area (Å²) in [6.07, 6.45) is 2.84. The van der Waals surface area contributed by atoms with Crippen molar-refractivity contribution in [1.82, 2.24) is 10.3 Å². The summed E-state index contributed by atoms with van der Waals surface area (Å²) in [6, 6.07) is -0.158. The van der Waals surface area contributed by atoms with E-state index >= 15 is 0 Å². The fourth-order valence-electron chi connectivity index (χ4n) is 1.46. The van der Waals surface area contributed by atoms with Gasteiger partial charge in [0.25, 0.3) is 0 Å². The van der Waals surface area contributed by atoms with Crippen LogP contribution in [0.25, 0.3) is 0 Å². The van der Waals surface area contributed by atoms with Gasteiger partial charge in [-0.1, -0.05) is 0 Å². The summed E-state index contributed by atoms with van der Waals surface area (Å²) < 4.78 is 0. The van der Waals surface area contributed by atoms with E-state index in [1.165, 1.54) is 6.20 Å². The van der Waals surface area contributed by atoms with E-state index in [4.69, 9.17) is 10.8 Å². The molecule has 0 saturated heterocycles. The number of aryl methyl sites for hydroxylation is 1. The fourth-order valence-corrected chi connectivity index (χ4v) is 1.46. The Kier molecular flexibility index (Phi) is 5.45. The third-order valence-corrected chi connectivity index (χ3v) is 2.57. The molecule has 108 valence electrons. The first-order valence-electron chi connectivity index (χ1n) is 5.89. The zero-order valence-corrected chi connectivity index (χ0v) is 10.9. The minimum absolute atomic E-state index is 0.0654. The van der Waals surface area contributed by atoms with Gasteiger partial charge in [-0.05, 0) is 25.0 Å². The number of pyridine rings is 1. The lowest BCUT2D eigenvalue weighted by Crippen LogP contribution is -2.43. The van der Waals surface area contributed by atoms with E-state index in [-0.39, 0.29) is 12.8 Å². The van der Waals surface area contributed by atoms with Gasteiger partial charge in [0.15, 0.2) is 0 Å². The second kappa shape index (κ2) is 7.07. The molecule has 1 aromatic heterocycles. The zero-order valence-electron chi connectivity index (χ0n) is 10.9. The van der Waals surface area contributed by atoms with Crippen LogP contribution in [0.2, 0.25) is 0 Å². The number of carboxylic acid groups (broad SMARTS) is 1. The molecule has 8 heteroatoms. The summed E-state index contributed by atoms with van der Waals surface area (Å²) in [5.74, 6) is -1.86. The molecule has 0 radical (unpaired) electrons. The van der Waals surface area contributed by atoms with Crippen molar-refractivity contribution in [3.05, 3.63) is 24.0 Å². The van der Waals surface area contributed by atoms with Crippen LogP contribution in [-0.2, 0) is 9.59 Å². The molecule has 0 aliphatic rings. The number of carbonyl (C=O) groups excluding carboxylic acids is 2. The highest BCUT2D eigenvalue weighted by Gasteiger charge is 2.20. The van der Waals surface area contributed by atoms with E-state index in [0.717, 1.165) is 5.56 Å². The molecule has 0 saturated carbocycles. The molecule has 0 fully saturated rings. The first-order valence-corrected chi connectivity index (χ1v) is 5.89. The Hall–Kier alpha value is -2.64. The molecule has 0 aromatic carbocycles. The van der Waals surface area contributed by atoms with Gasteiger partial charge in [-0.2, -0.15) is 0 Å². The second-order valence-corrected chi connectivity index (χ2v) is 4.18. The normalized spacial score (nSPS) is 11.4. The summed E-state index contributed by atoms with van der Waals surface area (Å²) in [7, 11) is 0. The largest absolute Gasteiger partial charge is 0.480 e. The summed E-state index contributed by atoms with van der Waals surface area (Å²) >= 11 is 0. The minimum atomic E-state index is -1.23. The lowest BCUT2D eigenvalue weighted by molar-refractivity contribution is -0.139. The van der Waals surface area contributed by atoms with Gasteiger partial charge in [0, 0.05) is 12.6 Å². The smallest absolute Gasteiger partial charge is 0.326 e. The van der Waals surface area contributed by atoms with Crippen LogP contribution in [-0.4, -0.2) is 34.0 Å². The molecule has 1 rings (SSSR count). The third kappa shape index (κ3) is 4.92. The molecular formula is C12H16N4O4. The van der Waals surface area contributed by atoms with Crippen molar-refractivity contribution >= 4 is 23.6 Å². The predicted octanol–water partition coefficient (Wildman–Crippen LogP) is 0.230. The quantitative estimate of drug-likeness (QED) is 0.591. The average Bonchev–Trinajstić information content (AvgIpc) is 2.36. The topological polar surface area (TPSA) is 134 Å². The van der Waals surface area contributed by atoms with Gasteiger partial charge in [0.1, 0.15) is 6.04 Å². The zero-order chi connectivity index (χ0) is 15.1. The lowest BCUT2D eigenvalue weighted by Gasteiger charge is -2.15. The number of carboxylic acids is 1. The molecule has 5 N–H and O–H groups in total. The monoisotopic (exact) mass is 280 g/mol. The molecule has 1 unspecified atom stereocenters. The van der Waals surface area contributed by atoms with Crippen molar-refractivity contribution in [1.29, 1.82) is 0 Å². The van der Waals surface area contributed by atoms with Gasteiger partial charge < -0.3 is 21.5 Å². The Bertz CT molecular complexity index is 518. The average molecular weight is 280 g/mol. The summed E-state index contributed by atoms with van der Waals surface area (Å²) in [6.45, 7) is 1.78. The molecule has 1 atom stereocenters. The highest BCUT2D eigenvalue weighted by atomic mass is 16.4. The molecule has 1 heterocycles. The number of rotatable bonds is 6. The fraction of sp³-hybridized carbons (Fsp3) is 0.333. The van der Waals surface area contributed by atoms with E-state index in [1.54, 1.807) is 19.2 Å². The summed E-state index contributed by atoms with van der Waals surface area (Å²) in [5.41, 5.74) is 6.21. The molecule has 0 aliphatic carbocycles. The van der Waals surface area contributed by atoms with Crippen LogP contribution in [0.4, 0.5) is 10.5 Å². The minimum Gasteiger partial charge on any atom is -0.480 e. The van der Waals surface area contributed by atoms with Crippen LogP contribution in [0, 0.1) is 6.92 Å².